The van der Waals surface area contributed by atoms with Gasteiger partial charge in [-0.25, -0.2) is 4.79 Å². The van der Waals surface area contributed by atoms with Crippen LogP contribution in [0.15, 0.2) is 18.2 Å². The Kier molecular flexibility index (Phi) is 4.01. The van der Waals surface area contributed by atoms with Crippen LogP contribution >= 0.6 is 23.0 Å². The number of halogens is 1. The Morgan fingerprint density at radius 2 is 2.27 bits per heavy atom. The van der Waals surface area contributed by atoms with E-state index in [9.17, 15) is 14.9 Å². The van der Waals surface area contributed by atoms with Gasteiger partial charge >= 0.3 is 5.97 Å². The van der Waals surface area contributed by atoms with Crippen molar-refractivity contribution in [3.63, 3.8) is 0 Å². The van der Waals surface area contributed by atoms with Crippen molar-refractivity contribution in [1.82, 2.24) is 0 Å². The molecule has 1 aromatic rings. The highest BCUT2D eigenvalue weighted by atomic mass is 127. The largest absolute Gasteiger partial charge is 0.391 e. The third-order valence-corrected chi connectivity index (χ3v) is 2.35. The van der Waals surface area contributed by atoms with E-state index >= 15 is 0 Å². The van der Waals surface area contributed by atoms with Gasteiger partial charge in [0.1, 0.15) is 0 Å². The van der Waals surface area contributed by atoms with Crippen LogP contribution in [0, 0.1) is 17.0 Å². The van der Waals surface area contributed by atoms with Gasteiger partial charge in [-0.05, 0) is 24.6 Å². The molecular weight excluding hydrogens is 313 g/mol. The Balaban J connectivity index is 3.05. The van der Waals surface area contributed by atoms with Crippen molar-refractivity contribution in [3.05, 3.63) is 45.0 Å². The second kappa shape index (κ2) is 5.06. The maximum absolute atomic E-state index is 11.2. The van der Waals surface area contributed by atoms with Gasteiger partial charge in [-0.2, -0.15) is 0 Å². The summed E-state index contributed by atoms with van der Waals surface area (Å²) in [5, 5.41) is 10.4. The molecule has 0 saturated heterocycles. The van der Waals surface area contributed by atoms with E-state index in [0.29, 0.717) is 11.1 Å². The van der Waals surface area contributed by atoms with E-state index in [4.69, 9.17) is 0 Å². The van der Waals surface area contributed by atoms with Crippen molar-refractivity contribution in [2.45, 2.75) is 13.5 Å². The molecule has 0 fully saturated rings. The summed E-state index contributed by atoms with van der Waals surface area (Å²) in [6.07, 6.45) is 0. The smallest absolute Gasteiger partial charge is 0.347 e. The molecular formula is C9H8INO4. The molecule has 0 aliphatic carbocycles. The molecule has 0 heterocycles. The van der Waals surface area contributed by atoms with Crippen LogP contribution in [0.25, 0.3) is 0 Å². The monoisotopic (exact) mass is 321 g/mol. The zero-order chi connectivity index (χ0) is 11.4. The molecule has 0 saturated carbocycles. The first-order valence-electron chi connectivity index (χ1n) is 4.09. The van der Waals surface area contributed by atoms with Crippen LogP contribution in [0.2, 0.25) is 0 Å². The summed E-state index contributed by atoms with van der Waals surface area (Å²) in [6, 6.07) is 4.74. The number of aryl methyl sites for hydroxylation is 1. The lowest BCUT2D eigenvalue weighted by Crippen LogP contribution is -2.04. The number of hydrogen-bond donors (Lipinski definition) is 0. The van der Waals surface area contributed by atoms with Gasteiger partial charge in [0.15, 0.2) is 23.0 Å². The summed E-state index contributed by atoms with van der Waals surface area (Å²) in [4.78, 5) is 21.1. The summed E-state index contributed by atoms with van der Waals surface area (Å²) < 4.78 is 4.50. The maximum atomic E-state index is 11.2. The topological polar surface area (TPSA) is 69.4 Å². The highest BCUT2D eigenvalue weighted by molar-refractivity contribution is 14.1. The fraction of sp³-hybridized carbons (Fsp3) is 0.222. The first-order valence-corrected chi connectivity index (χ1v) is 4.97. The third-order valence-electron chi connectivity index (χ3n) is 1.95. The molecule has 15 heavy (non-hydrogen) atoms. The highest BCUT2D eigenvalue weighted by Gasteiger charge is 2.11. The Bertz CT molecular complexity index is 405. The molecule has 1 rings (SSSR count). The Labute approximate surface area is 100 Å². The lowest BCUT2D eigenvalue weighted by molar-refractivity contribution is -0.496. The summed E-state index contributed by atoms with van der Waals surface area (Å²) in [6.45, 7) is 1.48. The van der Waals surface area contributed by atoms with Crippen LogP contribution in [-0.4, -0.2) is 10.9 Å². The van der Waals surface area contributed by atoms with E-state index in [1.54, 1.807) is 19.1 Å². The fourth-order valence-electron chi connectivity index (χ4n) is 1.15. The second-order valence-corrected chi connectivity index (χ2v) is 3.44. The van der Waals surface area contributed by atoms with E-state index in [1.807, 2.05) is 0 Å². The molecule has 0 atom stereocenters. The number of nitro groups is 1. The summed E-state index contributed by atoms with van der Waals surface area (Å²) >= 11 is 1.48. The van der Waals surface area contributed by atoms with Gasteiger partial charge in [-0.1, -0.05) is 6.07 Å². The molecule has 0 radical (unpaired) electrons. The first-order chi connectivity index (χ1) is 7.04. The molecule has 1 aromatic carbocycles. The summed E-state index contributed by atoms with van der Waals surface area (Å²) in [7, 11) is 0. The fourth-order valence-corrected chi connectivity index (χ4v) is 1.41. The highest BCUT2D eigenvalue weighted by Crippen LogP contribution is 2.14. The molecule has 6 heteroatoms. The average molecular weight is 321 g/mol. The van der Waals surface area contributed by atoms with Crippen LogP contribution in [0.3, 0.4) is 0 Å². The predicted octanol–water partition coefficient (Wildman–Crippen LogP) is 2.28. The minimum absolute atomic E-state index is 0.284. The Morgan fingerprint density at radius 3 is 2.80 bits per heavy atom. The number of nitrogens with zero attached hydrogens (tertiary/aromatic N) is 1. The van der Waals surface area contributed by atoms with Gasteiger partial charge in [0.2, 0.25) is 6.54 Å². The molecule has 0 N–H and O–H groups in total. The van der Waals surface area contributed by atoms with Gasteiger partial charge in [0, 0.05) is 10.5 Å². The molecule has 0 unspecified atom stereocenters. The SMILES string of the molecule is Cc1ccc(C(=O)OI)cc1C[N+](=O)[O-]. The summed E-state index contributed by atoms with van der Waals surface area (Å²) in [5.74, 6) is -0.500. The van der Waals surface area contributed by atoms with E-state index in [0.717, 1.165) is 5.56 Å². The van der Waals surface area contributed by atoms with E-state index in [-0.39, 0.29) is 6.54 Å². The third kappa shape index (κ3) is 3.15. The van der Waals surface area contributed by atoms with Gasteiger partial charge in [0.25, 0.3) is 0 Å². The van der Waals surface area contributed by atoms with Gasteiger partial charge in [-0.15, -0.1) is 0 Å². The van der Waals surface area contributed by atoms with Crippen molar-refractivity contribution < 1.29 is 12.8 Å². The molecule has 0 bridgehead atoms. The van der Waals surface area contributed by atoms with Crippen LogP contribution in [-0.2, 0) is 9.61 Å². The quantitative estimate of drug-likeness (QED) is 0.486. The maximum Gasteiger partial charge on any atom is 0.347 e. The van der Waals surface area contributed by atoms with Crippen molar-refractivity contribution in [2.24, 2.45) is 0 Å². The molecule has 80 valence electrons. The number of hydrogen-bond acceptors (Lipinski definition) is 4. The zero-order valence-electron chi connectivity index (χ0n) is 7.90. The van der Waals surface area contributed by atoms with E-state index in [1.165, 1.54) is 29.1 Å². The molecule has 5 nitrogen and oxygen atoms in total. The van der Waals surface area contributed by atoms with Crippen LogP contribution in [0.4, 0.5) is 0 Å². The van der Waals surface area contributed by atoms with E-state index in [2.05, 4.69) is 3.07 Å². The van der Waals surface area contributed by atoms with E-state index < -0.39 is 10.9 Å². The van der Waals surface area contributed by atoms with Crippen LogP contribution in [0.1, 0.15) is 21.5 Å². The van der Waals surface area contributed by atoms with Gasteiger partial charge in [-0.3, -0.25) is 10.1 Å². The Morgan fingerprint density at radius 1 is 1.60 bits per heavy atom. The predicted molar refractivity (Wildman–Crippen MR) is 61.3 cm³/mol. The number of carbonyl (C=O) groups is 1. The molecule has 0 spiro atoms. The normalized spacial score (nSPS) is 9.73. The molecule has 0 aliphatic rings. The first kappa shape index (κ1) is 11.9. The van der Waals surface area contributed by atoms with Crippen LogP contribution in [0.5, 0.6) is 0 Å². The average Bonchev–Trinajstić information content (AvgIpc) is 2.19. The number of rotatable bonds is 3. The minimum Gasteiger partial charge on any atom is -0.391 e. The van der Waals surface area contributed by atoms with Crippen LogP contribution < -0.4 is 0 Å². The van der Waals surface area contributed by atoms with Crippen molar-refractivity contribution in [1.29, 1.82) is 0 Å². The molecule has 0 amide bonds. The Hall–Kier alpha value is -1.18. The lowest BCUT2D eigenvalue weighted by Gasteiger charge is -2.03. The van der Waals surface area contributed by atoms with Crippen molar-refractivity contribution >= 4 is 29.0 Å². The second-order valence-electron chi connectivity index (χ2n) is 3.00. The molecule has 0 aromatic heterocycles. The van der Waals surface area contributed by atoms with Crippen molar-refractivity contribution in [2.75, 3.05) is 0 Å². The minimum atomic E-state index is -0.500. The molecule has 0 aliphatic heterocycles. The number of benzene rings is 1. The van der Waals surface area contributed by atoms with Crippen molar-refractivity contribution in [3.8, 4) is 0 Å². The zero-order valence-corrected chi connectivity index (χ0v) is 10.1. The van der Waals surface area contributed by atoms with Gasteiger partial charge < -0.3 is 3.07 Å². The number of carbonyl (C=O) groups excluding carboxylic acids is 1. The standard InChI is InChI=1S/C9H8INO4/c1-6-2-3-7(9(12)15-10)4-8(6)5-11(13)14/h2-4H,5H2,1H3. The summed E-state index contributed by atoms with van der Waals surface area (Å²) in [5.41, 5.74) is 1.64. The lowest BCUT2D eigenvalue weighted by atomic mass is 10.1. The van der Waals surface area contributed by atoms with Gasteiger partial charge in [0.05, 0.1) is 5.56 Å².